The first-order valence-electron chi connectivity index (χ1n) is 7.77. The third kappa shape index (κ3) is 3.43. The van der Waals surface area contributed by atoms with Gasteiger partial charge in [-0.1, -0.05) is 6.07 Å². The van der Waals surface area contributed by atoms with Crippen molar-refractivity contribution in [2.45, 2.75) is 18.9 Å². The van der Waals surface area contributed by atoms with Gasteiger partial charge in [0.15, 0.2) is 17.3 Å². The fourth-order valence-corrected chi connectivity index (χ4v) is 3.32. The highest BCUT2D eigenvalue weighted by Gasteiger charge is 2.24. The van der Waals surface area contributed by atoms with Crippen LogP contribution in [0.5, 0.6) is 11.5 Å². The van der Waals surface area contributed by atoms with Gasteiger partial charge in [0.1, 0.15) is 0 Å². The molecule has 0 bridgehead atoms. The number of anilines is 1. The lowest BCUT2D eigenvalue weighted by Crippen LogP contribution is -2.44. The molecule has 1 aromatic carbocycles. The van der Waals surface area contributed by atoms with Gasteiger partial charge in [-0.05, 0) is 25.0 Å². The molecule has 3 rings (SSSR count). The first-order chi connectivity index (χ1) is 11.7. The maximum atomic E-state index is 12.6. The molecule has 8 heteroatoms. The third-order valence-electron chi connectivity index (χ3n) is 4.15. The molecule has 0 radical (unpaired) electrons. The zero-order valence-corrected chi connectivity index (χ0v) is 14.5. The second kappa shape index (κ2) is 7.48. The molecule has 0 aliphatic carbocycles. The van der Waals surface area contributed by atoms with E-state index in [9.17, 15) is 4.79 Å². The van der Waals surface area contributed by atoms with Gasteiger partial charge in [0.2, 0.25) is 0 Å². The van der Waals surface area contributed by atoms with E-state index in [1.54, 1.807) is 31.5 Å². The summed E-state index contributed by atoms with van der Waals surface area (Å²) < 4.78 is 18.9. The maximum Gasteiger partial charge on any atom is 0.255 e. The molecular formula is C16H20N4O3S. The number of rotatable bonds is 5. The molecule has 24 heavy (non-hydrogen) atoms. The quantitative estimate of drug-likeness (QED) is 0.890. The molecule has 1 amide bonds. The van der Waals surface area contributed by atoms with Crippen LogP contribution >= 0.6 is 11.7 Å². The highest BCUT2D eigenvalue weighted by molar-refractivity contribution is 6.99. The molecule has 1 aliphatic heterocycles. The Bertz CT molecular complexity index is 685. The van der Waals surface area contributed by atoms with Crippen LogP contribution in [0.4, 0.5) is 5.82 Å². The fraction of sp³-hybridized carbons (Fsp3) is 0.438. The Morgan fingerprint density at radius 3 is 2.71 bits per heavy atom. The lowest BCUT2D eigenvalue weighted by Gasteiger charge is -2.32. The van der Waals surface area contributed by atoms with E-state index in [0.717, 1.165) is 31.7 Å². The van der Waals surface area contributed by atoms with Gasteiger partial charge < -0.3 is 19.7 Å². The Morgan fingerprint density at radius 1 is 1.29 bits per heavy atom. The van der Waals surface area contributed by atoms with Crippen molar-refractivity contribution in [1.29, 1.82) is 0 Å². The number of carbonyl (C=O) groups is 1. The van der Waals surface area contributed by atoms with Crippen molar-refractivity contribution in [3.05, 3.63) is 30.0 Å². The number of benzene rings is 1. The van der Waals surface area contributed by atoms with Crippen LogP contribution in [0, 0.1) is 0 Å². The summed E-state index contributed by atoms with van der Waals surface area (Å²) >= 11 is 1.21. The highest BCUT2D eigenvalue weighted by atomic mass is 32.1. The smallest absolute Gasteiger partial charge is 0.255 e. The van der Waals surface area contributed by atoms with Gasteiger partial charge in [0.25, 0.3) is 5.91 Å². The van der Waals surface area contributed by atoms with Crippen LogP contribution in [0.25, 0.3) is 0 Å². The van der Waals surface area contributed by atoms with Crippen molar-refractivity contribution >= 4 is 23.5 Å². The summed E-state index contributed by atoms with van der Waals surface area (Å²) in [6, 6.07) is 5.44. The molecule has 7 nitrogen and oxygen atoms in total. The summed E-state index contributed by atoms with van der Waals surface area (Å²) in [6.45, 7) is 1.71. The van der Waals surface area contributed by atoms with Gasteiger partial charge in [-0.3, -0.25) is 4.79 Å². The fourth-order valence-electron chi connectivity index (χ4n) is 2.88. The van der Waals surface area contributed by atoms with Crippen LogP contribution in [-0.4, -0.2) is 48.0 Å². The molecule has 128 valence electrons. The molecule has 1 aliphatic rings. The number of piperidine rings is 1. The Hall–Kier alpha value is -2.35. The maximum absolute atomic E-state index is 12.6. The zero-order valence-electron chi connectivity index (χ0n) is 13.7. The molecule has 0 atom stereocenters. The van der Waals surface area contributed by atoms with Gasteiger partial charge in [-0.15, -0.1) is 0 Å². The minimum absolute atomic E-state index is 0.135. The first kappa shape index (κ1) is 16.5. The predicted molar refractivity (Wildman–Crippen MR) is 92.2 cm³/mol. The number of amides is 1. The summed E-state index contributed by atoms with van der Waals surface area (Å²) in [5, 5.41) is 3.09. The van der Waals surface area contributed by atoms with Gasteiger partial charge in [0, 0.05) is 19.1 Å². The number of hydrogen-bond donors (Lipinski definition) is 1. The number of para-hydroxylation sites is 1. The number of aromatic nitrogens is 2. The minimum Gasteiger partial charge on any atom is -0.493 e. The second-order valence-electron chi connectivity index (χ2n) is 5.54. The van der Waals surface area contributed by atoms with Crippen molar-refractivity contribution in [3.63, 3.8) is 0 Å². The molecule has 0 saturated carbocycles. The molecular weight excluding hydrogens is 328 g/mol. The molecule has 1 N–H and O–H groups in total. The normalized spacial score (nSPS) is 15.2. The zero-order chi connectivity index (χ0) is 16.9. The minimum atomic E-state index is -0.139. The number of nitrogens with one attached hydrogen (secondary N) is 1. The van der Waals surface area contributed by atoms with Crippen LogP contribution in [0.3, 0.4) is 0 Å². The van der Waals surface area contributed by atoms with Crippen LogP contribution in [0.2, 0.25) is 0 Å². The van der Waals surface area contributed by atoms with E-state index in [1.807, 2.05) is 0 Å². The lowest BCUT2D eigenvalue weighted by molar-refractivity contribution is 0.0927. The largest absolute Gasteiger partial charge is 0.493 e. The summed E-state index contributed by atoms with van der Waals surface area (Å²) in [7, 11) is 3.09. The summed E-state index contributed by atoms with van der Waals surface area (Å²) in [6.07, 6.45) is 3.52. The highest BCUT2D eigenvalue weighted by Crippen LogP contribution is 2.30. The molecule has 1 saturated heterocycles. The van der Waals surface area contributed by atoms with E-state index in [-0.39, 0.29) is 11.9 Å². The van der Waals surface area contributed by atoms with Crippen molar-refractivity contribution in [2.24, 2.45) is 0 Å². The Morgan fingerprint density at radius 2 is 2.08 bits per heavy atom. The van der Waals surface area contributed by atoms with E-state index in [0.29, 0.717) is 17.1 Å². The van der Waals surface area contributed by atoms with Crippen molar-refractivity contribution in [2.75, 3.05) is 32.2 Å². The second-order valence-corrected chi connectivity index (χ2v) is 6.10. The molecule has 0 unspecified atom stereocenters. The van der Waals surface area contributed by atoms with Crippen molar-refractivity contribution in [3.8, 4) is 11.5 Å². The summed E-state index contributed by atoms with van der Waals surface area (Å²) in [5.41, 5.74) is 0.489. The van der Waals surface area contributed by atoms with E-state index in [2.05, 4.69) is 19.0 Å². The monoisotopic (exact) mass is 348 g/mol. The van der Waals surface area contributed by atoms with Gasteiger partial charge >= 0.3 is 0 Å². The number of methoxy groups -OCH3 is 2. The molecule has 1 aromatic heterocycles. The van der Waals surface area contributed by atoms with E-state index in [4.69, 9.17) is 9.47 Å². The van der Waals surface area contributed by atoms with Crippen LogP contribution in [0.1, 0.15) is 23.2 Å². The number of ether oxygens (including phenoxy) is 2. The Kier molecular flexibility index (Phi) is 5.14. The molecule has 2 aromatic rings. The number of nitrogens with zero attached hydrogens (tertiary/aromatic N) is 3. The Labute approximate surface area is 144 Å². The average Bonchev–Trinajstić information content (AvgIpc) is 3.16. The van der Waals surface area contributed by atoms with Crippen LogP contribution in [0.15, 0.2) is 24.4 Å². The average molecular weight is 348 g/mol. The van der Waals surface area contributed by atoms with E-state index >= 15 is 0 Å². The van der Waals surface area contributed by atoms with Crippen LogP contribution in [-0.2, 0) is 0 Å². The van der Waals surface area contributed by atoms with Crippen molar-refractivity contribution < 1.29 is 14.3 Å². The topological polar surface area (TPSA) is 76.6 Å². The number of hydrogen-bond acceptors (Lipinski definition) is 7. The SMILES string of the molecule is COc1cccc(C(=O)NC2CCN(c3cnsn3)CC2)c1OC. The van der Waals surface area contributed by atoms with Crippen LogP contribution < -0.4 is 19.7 Å². The third-order valence-corrected chi connectivity index (χ3v) is 4.62. The van der Waals surface area contributed by atoms with Gasteiger partial charge in [0.05, 0.1) is 37.7 Å². The van der Waals surface area contributed by atoms with Gasteiger partial charge in [-0.25, -0.2) is 0 Å². The van der Waals surface area contributed by atoms with Crippen molar-refractivity contribution in [1.82, 2.24) is 14.1 Å². The van der Waals surface area contributed by atoms with E-state index < -0.39 is 0 Å². The Balaban J connectivity index is 1.62. The molecule has 2 heterocycles. The van der Waals surface area contributed by atoms with E-state index in [1.165, 1.54) is 18.8 Å². The standard InChI is InChI=1S/C16H20N4O3S/c1-22-13-5-3-4-12(15(13)23-2)16(21)18-11-6-8-20(9-7-11)14-10-17-24-19-14/h3-5,10-11H,6-9H2,1-2H3,(H,18,21). The predicted octanol–water partition coefficient (Wildman–Crippen LogP) is 1.95. The molecule has 1 fully saturated rings. The summed E-state index contributed by atoms with van der Waals surface area (Å²) in [4.78, 5) is 14.8. The number of carbonyl (C=O) groups excluding carboxylic acids is 1. The van der Waals surface area contributed by atoms with Gasteiger partial charge in [-0.2, -0.15) is 8.75 Å². The lowest BCUT2D eigenvalue weighted by atomic mass is 10.0. The summed E-state index contributed by atoms with van der Waals surface area (Å²) in [5.74, 6) is 1.79. The first-order valence-corrected chi connectivity index (χ1v) is 8.50. The molecule has 0 spiro atoms.